The van der Waals surface area contributed by atoms with Gasteiger partial charge >= 0.3 is 0 Å². The average Bonchev–Trinajstić information content (AvgIpc) is 3.07. The molecular weight excluding hydrogens is 358 g/mol. The van der Waals surface area contributed by atoms with E-state index in [0.29, 0.717) is 37.5 Å². The molecule has 1 aliphatic heterocycles. The number of thiazole rings is 1. The van der Waals surface area contributed by atoms with Gasteiger partial charge in [-0.2, -0.15) is 0 Å². The first-order valence-electron chi connectivity index (χ1n) is 8.58. The Hall–Kier alpha value is -2.20. The van der Waals surface area contributed by atoms with Crippen molar-refractivity contribution in [2.45, 2.75) is 31.4 Å². The second-order valence-corrected chi connectivity index (χ2v) is 7.43. The van der Waals surface area contributed by atoms with Gasteiger partial charge in [0.2, 0.25) is 11.8 Å². The molecule has 0 bridgehead atoms. The number of hydrogen-bond acceptors (Lipinski definition) is 7. The molecular formula is C16H23N5O4S. The molecule has 9 nitrogen and oxygen atoms in total. The second kappa shape index (κ2) is 8.00. The molecule has 3 amide bonds. The van der Waals surface area contributed by atoms with Crippen LogP contribution in [-0.4, -0.2) is 66.5 Å². The third-order valence-corrected chi connectivity index (χ3v) is 5.53. The van der Waals surface area contributed by atoms with Crippen LogP contribution >= 0.6 is 11.3 Å². The smallest absolute Gasteiger partial charge is 0.271 e. The number of hydrogen-bond donors (Lipinski definition) is 3. The number of ether oxygens (including phenoxy) is 1. The van der Waals surface area contributed by atoms with Crippen LogP contribution in [0.4, 0.5) is 5.13 Å². The number of amides is 3. The molecule has 1 aromatic rings. The third kappa shape index (κ3) is 4.13. The molecule has 2 aliphatic rings. The van der Waals surface area contributed by atoms with E-state index in [0.717, 1.165) is 0 Å². The van der Waals surface area contributed by atoms with E-state index < -0.39 is 0 Å². The van der Waals surface area contributed by atoms with Gasteiger partial charge in [-0.15, -0.1) is 11.3 Å². The van der Waals surface area contributed by atoms with E-state index in [4.69, 9.17) is 10.5 Å². The number of methoxy groups -OCH3 is 1. The number of nitrogens with two attached hydrogens (primary N) is 1. The van der Waals surface area contributed by atoms with Gasteiger partial charge in [0.25, 0.3) is 5.91 Å². The lowest BCUT2D eigenvalue weighted by atomic mass is 9.82. The Morgan fingerprint density at radius 3 is 2.92 bits per heavy atom. The van der Waals surface area contributed by atoms with Crippen molar-refractivity contribution in [3.8, 4) is 0 Å². The van der Waals surface area contributed by atoms with E-state index in [9.17, 15) is 14.4 Å². The number of nitrogen functional groups attached to an aromatic ring is 1. The molecule has 0 spiro atoms. The molecule has 1 saturated carbocycles. The van der Waals surface area contributed by atoms with Crippen molar-refractivity contribution in [2.75, 3.05) is 32.5 Å². The van der Waals surface area contributed by atoms with Crippen molar-refractivity contribution in [2.24, 2.45) is 5.92 Å². The Balaban J connectivity index is 1.65. The van der Waals surface area contributed by atoms with Crippen LogP contribution in [0.2, 0.25) is 0 Å². The van der Waals surface area contributed by atoms with Gasteiger partial charge in [-0.1, -0.05) is 0 Å². The maximum Gasteiger partial charge on any atom is 0.271 e. The number of carbonyl (C=O) groups is 3. The lowest BCUT2D eigenvalue weighted by molar-refractivity contribution is -0.143. The number of rotatable bonds is 4. The summed E-state index contributed by atoms with van der Waals surface area (Å²) >= 11 is 1.20. The van der Waals surface area contributed by atoms with Crippen molar-refractivity contribution in [1.82, 2.24) is 20.5 Å². The van der Waals surface area contributed by atoms with Gasteiger partial charge in [0.15, 0.2) is 5.13 Å². The highest BCUT2D eigenvalue weighted by atomic mass is 32.1. The topological polar surface area (TPSA) is 127 Å². The highest BCUT2D eigenvalue weighted by molar-refractivity contribution is 7.13. The van der Waals surface area contributed by atoms with E-state index in [1.165, 1.54) is 11.3 Å². The molecule has 10 heteroatoms. The monoisotopic (exact) mass is 381 g/mol. The molecule has 2 heterocycles. The van der Waals surface area contributed by atoms with E-state index >= 15 is 0 Å². The van der Waals surface area contributed by atoms with E-state index in [1.54, 1.807) is 17.4 Å². The average molecular weight is 381 g/mol. The van der Waals surface area contributed by atoms with Crippen LogP contribution in [0.3, 0.4) is 0 Å². The first kappa shape index (κ1) is 18.6. The largest absolute Gasteiger partial charge is 0.379 e. The minimum absolute atomic E-state index is 0.0356. The van der Waals surface area contributed by atoms with Crippen molar-refractivity contribution >= 4 is 34.2 Å². The maximum absolute atomic E-state index is 12.8. The highest BCUT2D eigenvalue weighted by Crippen LogP contribution is 2.28. The number of piperazine rings is 1. The van der Waals surface area contributed by atoms with Crippen LogP contribution < -0.4 is 16.4 Å². The predicted molar refractivity (Wildman–Crippen MR) is 95.5 cm³/mol. The summed E-state index contributed by atoms with van der Waals surface area (Å²) in [4.78, 5) is 42.3. The Morgan fingerprint density at radius 2 is 2.27 bits per heavy atom. The van der Waals surface area contributed by atoms with Crippen molar-refractivity contribution < 1.29 is 19.1 Å². The van der Waals surface area contributed by atoms with E-state index in [-0.39, 0.29) is 48.0 Å². The summed E-state index contributed by atoms with van der Waals surface area (Å²) in [5.41, 5.74) is 5.85. The lowest BCUT2D eigenvalue weighted by Gasteiger charge is -2.37. The van der Waals surface area contributed by atoms with Crippen molar-refractivity contribution in [3.63, 3.8) is 0 Å². The fourth-order valence-corrected chi connectivity index (χ4v) is 4.06. The second-order valence-electron chi connectivity index (χ2n) is 6.54. The molecule has 1 aromatic heterocycles. The molecule has 1 aliphatic carbocycles. The zero-order valence-corrected chi connectivity index (χ0v) is 15.4. The quantitative estimate of drug-likeness (QED) is 0.651. The number of nitrogens with zero attached hydrogens (tertiary/aromatic N) is 2. The molecule has 142 valence electrons. The summed E-state index contributed by atoms with van der Waals surface area (Å²) in [5, 5.41) is 7.57. The van der Waals surface area contributed by atoms with Crippen LogP contribution in [0.1, 0.15) is 29.8 Å². The van der Waals surface area contributed by atoms with Crippen LogP contribution in [-0.2, 0) is 14.3 Å². The number of nitrogens with one attached hydrogen (secondary N) is 2. The Labute approximate surface area is 155 Å². The van der Waals surface area contributed by atoms with Gasteiger partial charge in [-0.05, 0) is 19.3 Å². The molecule has 3 atom stereocenters. The van der Waals surface area contributed by atoms with Gasteiger partial charge in [0, 0.05) is 31.5 Å². The SMILES string of the molecule is CO[C@@H]1CC[C@H](C(=O)N2CCNC(=O)C2)C[C@H]1NC(=O)c1csc(N)n1. The summed E-state index contributed by atoms with van der Waals surface area (Å²) in [6.07, 6.45) is 1.65. The summed E-state index contributed by atoms with van der Waals surface area (Å²) in [7, 11) is 1.60. The minimum atomic E-state index is -0.324. The van der Waals surface area contributed by atoms with Crippen LogP contribution in [0.15, 0.2) is 5.38 Å². The number of anilines is 1. The van der Waals surface area contributed by atoms with Crippen molar-refractivity contribution in [1.29, 1.82) is 0 Å². The Kier molecular flexibility index (Phi) is 5.72. The summed E-state index contributed by atoms with van der Waals surface area (Å²) in [5.74, 6) is -0.735. The first-order chi connectivity index (χ1) is 12.5. The Bertz CT molecular complexity index is 694. The minimum Gasteiger partial charge on any atom is -0.379 e. The van der Waals surface area contributed by atoms with Gasteiger partial charge in [0.05, 0.1) is 18.7 Å². The summed E-state index contributed by atoms with van der Waals surface area (Å²) in [6.45, 7) is 1.09. The fraction of sp³-hybridized carbons (Fsp3) is 0.625. The summed E-state index contributed by atoms with van der Waals surface area (Å²) in [6, 6.07) is -0.295. The maximum atomic E-state index is 12.8. The van der Waals surface area contributed by atoms with Gasteiger partial charge in [0.1, 0.15) is 5.69 Å². The molecule has 4 N–H and O–H groups in total. The molecule has 3 rings (SSSR count). The molecule has 0 aromatic carbocycles. The van der Waals surface area contributed by atoms with E-state index in [2.05, 4.69) is 15.6 Å². The van der Waals surface area contributed by atoms with Gasteiger partial charge in [-0.3, -0.25) is 14.4 Å². The zero-order chi connectivity index (χ0) is 18.7. The normalized spacial score (nSPS) is 26.3. The van der Waals surface area contributed by atoms with Crippen LogP contribution in [0.25, 0.3) is 0 Å². The number of carbonyl (C=O) groups excluding carboxylic acids is 3. The van der Waals surface area contributed by atoms with E-state index in [1.807, 2.05) is 0 Å². The molecule has 26 heavy (non-hydrogen) atoms. The molecule has 2 fully saturated rings. The third-order valence-electron chi connectivity index (χ3n) is 4.86. The first-order valence-corrected chi connectivity index (χ1v) is 9.46. The van der Waals surface area contributed by atoms with Crippen LogP contribution in [0.5, 0.6) is 0 Å². The zero-order valence-electron chi connectivity index (χ0n) is 14.6. The predicted octanol–water partition coefficient (Wildman–Crippen LogP) is -0.403. The number of aromatic nitrogens is 1. The standard InChI is InChI=1S/C16H23N5O4S/c1-25-12-3-2-9(15(24)21-5-4-18-13(22)7-21)6-10(12)19-14(23)11-8-26-16(17)20-11/h8-10,12H,2-7H2,1H3,(H2,17,20)(H,18,22)(H,19,23)/t9-,10+,12+/m0/s1. The van der Waals surface area contributed by atoms with Gasteiger partial charge < -0.3 is 26.0 Å². The summed E-state index contributed by atoms with van der Waals surface area (Å²) < 4.78 is 5.49. The van der Waals surface area contributed by atoms with Crippen molar-refractivity contribution in [3.05, 3.63) is 11.1 Å². The highest BCUT2D eigenvalue weighted by Gasteiger charge is 2.37. The molecule has 0 radical (unpaired) electrons. The van der Waals surface area contributed by atoms with Gasteiger partial charge in [-0.25, -0.2) is 4.98 Å². The molecule has 1 saturated heterocycles. The molecule has 0 unspecified atom stereocenters. The Morgan fingerprint density at radius 1 is 1.46 bits per heavy atom. The fourth-order valence-electron chi connectivity index (χ4n) is 3.52. The van der Waals surface area contributed by atoms with Crippen LogP contribution in [0, 0.1) is 5.92 Å². The lowest BCUT2D eigenvalue weighted by Crippen LogP contribution is -2.54.